The second kappa shape index (κ2) is 6.24. The number of carbonyl (C=O) groups excluding carboxylic acids is 1. The predicted molar refractivity (Wildman–Crippen MR) is 80.4 cm³/mol. The molecule has 0 spiro atoms. The van der Waals surface area contributed by atoms with E-state index < -0.39 is 0 Å². The van der Waals surface area contributed by atoms with Gasteiger partial charge in [-0.1, -0.05) is 6.07 Å². The highest BCUT2D eigenvalue weighted by atomic mass is 35.5. The number of hydrogen-bond acceptors (Lipinski definition) is 3. The van der Waals surface area contributed by atoms with Crippen LogP contribution in [0.4, 0.5) is 0 Å². The van der Waals surface area contributed by atoms with Crippen molar-refractivity contribution in [2.45, 2.75) is 31.8 Å². The minimum absolute atomic E-state index is 0. The van der Waals surface area contributed by atoms with E-state index in [0.29, 0.717) is 11.6 Å². The van der Waals surface area contributed by atoms with Crippen LogP contribution in [0.3, 0.4) is 0 Å². The molecule has 3 heterocycles. The first-order chi connectivity index (χ1) is 9.24. The molecule has 3 rings (SSSR count). The third-order valence-electron chi connectivity index (χ3n) is 3.63. The van der Waals surface area contributed by atoms with Crippen molar-refractivity contribution in [1.29, 1.82) is 0 Å². The molecule has 0 aliphatic carbocycles. The molecular weight excluding hydrogens is 276 g/mol. The number of nitrogens with one attached hydrogen (secondary N) is 2. The molecule has 0 radical (unpaired) electrons. The molecular formula is C14H19ClN4O. The van der Waals surface area contributed by atoms with E-state index in [0.717, 1.165) is 24.9 Å². The Morgan fingerprint density at radius 1 is 1.50 bits per heavy atom. The lowest BCUT2D eigenvalue weighted by Gasteiger charge is -2.28. The third-order valence-corrected chi connectivity index (χ3v) is 3.63. The van der Waals surface area contributed by atoms with Crippen molar-refractivity contribution in [3.05, 3.63) is 36.2 Å². The van der Waals surface area contributed by atoms with Crippen LogP contribution in [0.1, 0.15) is 30.1 Å². The number of amides is 1. The smallest absolute Gasteiger partial charge is 0.255 e. The Kier molecular flexibility index (Phi) is 4.62. The summed E-state index contributed by atoms with van der Waals surface area (Å²) in [4.78, 5) is 12.3. The van der Waals surface area contributed by atoms with E-state index in [1.165, 1.54) is 0 Å². The van der Waals surface area contributed by atoms with Gasteiger partial charge in [0.25, 0.3) is 5.91 Å². The molecule has 1 aliphatic heterocycles. The van der Waals surface area contributed by atoms with E-state index in [1.807, 2.05) is 24.4 Å². The van der Waals surface area contributed by atoms with E-state index in [9.17, 15) is 4.79 Å². The van der Waals surface area contributed by atoms with Crippen LogP contribution in [0, 0.1) is 0 Å². The molecule has 0 aromatic carbocycles. The summed E-state index contributed by atoms with van der Waals surface area (Å²) in [7, 11) is 0. The fraction of sp³-hybridized carbons (Fsp3) is 0.429. The van der Waals surface area contributed by atoms with Gasteiger partial charge in [-0.05, 0) is 38.4 Å². The molecule has 1 saturated heterocycles. The number of pyridine rings is 1. The van der Waals surface area contributed by atoms with Crippen molar-refractivity contribution >= 4 is 23.8 Å². The zero-order chi connectivity index (χ0) is 13.2. The molecule has 2 unspecified atom stereocenters. The lowest BCUT2D eigenvalue weighted by molar-refractivity contribution is 0.0927. The van der Waals surface area contributed by atoms with Crippen LogP contribution in [0.15, 0.2) is 30.6 Å². The minimum atomic E-state index is -0.0275. The highest BCUT2D eigenvalue weighted by molar-refractivity contribution is 6.00. The summed E-state index contributed by atoms with van der Waals surface area (Å²) < 4.78 is 1.72. The summed E-state index contributed by atoms with van der Waals surface area (Å²) in [6.45, 7) is 3.11. The zero-order valence-electron chi connectivity index (χ0n) is 11.4. The first-order valence-electron chi connectivity index (χ1n) is 6.70. The maximum Gasteiger partial charge on any atom is 0.255 e. The molecule has 2 atom stereocenters. The Bertz CT molecular complexity index is 598. The number of halogens is 1. The lowest BCUT2D eigenvalue weighted by atomic mass is 10.0. The van der Waals surface area contributed by atoms with Crippen molar-refractivity contribution in [1.82, 2.24) is 20.2 Å². The van der Waals surface area contributed by atoms with Gasteiger partial charge in [-0.2, -0.15) is 5.10 Å². The Morgan fingerprint density at radius 3 is 3.15 bits per heavy atom. The average Bonchev–Trinajstić information content (AvgIpc) is 2.82. The number of rotatable bonds is 2. The second-order valence-electron chi connectivity index (χ2n) is 5.14. The molecule has 1 aliphatic rings. The van der Waals surface area contributed by atoms with Crippen molar-refractivity contribution in [2.75, 3.05) is 6.54 Å². The van der Waals surface area contributed by atoms with Gasteiger partial charge in [0.1, 0.15) is 0 Å². The maximum absolute atomic E-state index is 12.3. The van der Waals surface area contributed by atoms with Gasteiger partial charge in [-0.25, -0.2) is 4.52 Å². The van der Waals surface area contributed by atoms with E-state index in [2.05, 4.69) is 22.7 Å². The van der Waals surface area contributed by atoms with Crippen LogP contribution >= 0.6 is 12.4 Å². The number of fused-ring (bicyclic) bond motifs is 1. The molecule has 0 bridgehead atoms. The first-order valence-corrected chi connectivity index (χ1v) is 6.70. The molecule has 0 saturated carbocycles. The fourth-order valence-electron chi connectivity index (χ4n) is 2.64. The van der Waals surface area contributed by atoms with Crippen LogP contribution < -0.4 is 10.6 Å². The van der Waals surface area contributed by atoms with Crippen molar-refractivity contribution < 1.29 is 4.79 Å². The highest BCUT2D eigenvalue weighted by Gasteiger charge is 2.21. The van der Waals surface area contributed by atoms with Gasteiger partial charge in [0, 0.05) is 18.3 Å². The van der Waals surface area contributed by atoms with E-state index in [-0.39, 0.29) is 24.4 Å². The Hall–Kier alpha value is -1.59. The van der Waals surface area contributed by atoms with Gasteiger partial charge >= 0.3 is 0 Å². The van der Waals surface area contributed by atoms with Crippen LogP contribution in [-0.4, -0.2) is 34.1 Å². The monoisotopic (exact) mass is 294 g/mol. The number of nitrogens with zero attached hydrogens (tertiary/aromatic N) is 2. The number of aromatic nitrogens is 2. The van der Waals surface area contributed by atoms with E-state index in [1.54, 1.807) is 10.7 Å². The second-order valence-corrected chi connectivity index (χ2v) is 5.14. The Morgan fingerprint density at radius 2 is 2.35 bits per heavy atom. The van der Waals surface area contributed by atoms with Gasteiger partial charge < -0.3 is 10.6 Å². The molecule has 5 nitrogen and oxygen atoms in total. The lowest BCUT2D eigenvalue weighted by Crippen LogP contribution is -2.46. The molecule has 1 amide bonds. The predicted octanol–water partition coefficient (Wildman–Crippen LogP) is 1.63. The van der Waals surface area contributed by atoms with Crippen LogP contribution in [0.5, 0.6) is 0 Å². The van der Waals surface area contributed by atoms with Crippen molar-refractivity contribution in [2.24, 2.45) is 0 Å². The topological polar surface area (TPSA) is 58.4 Å². The zero-order valence-corrected chi connectivity index (χ0v) is 12.2. The summed E-state index contributed by atoms with van der Waals surface area (Å²) in [5.74, 6) is -0.0275. The molecule has 108 valence electrons. The normalized spacial score (nSPS) is 22.2. The first kappa shape index (κ1) is 14.8. The summed E-state index contributed by atoms with van der Waals surface area (Å²) in [6, 6.07) is 6.44. The standard InChI is InChI=1S/C14H18N4O.ClH/c1-10-8-11(5-6-15-10)17-14(19)12-9-16-18-7-3-2-4-13(12)18;/h2-4,7,9-11,15H,5-6,8H2,1H3,(H,17,19);1H. The Labute approximate surface area is 124 Å². The molecule has 1 fully saturated rings. The van der Waals surface area contributed by atoms with E-state index >= 15 is 0 Å². The summed E-state index contributed by atoms with van der Waals surface area (Å²) >= 11 is 0. The maximum atomic E-state index is 12.3. The molecule has 2 aromatic heterocycles. The van der Waals surface area contributed by atoms with Gasteiger partial charge in [0.15, 0.2) is 0 Å². The average molecular weight is 295 g/mol. The van der Waals surface area contributed by atoms with Crippen LogP contribution in [0.2, 0.25) is 0 Å². The number of carbonyl (C=O) groups is 1. The third kappa shape index (κ3) is 2.94. The van der Waals surface area contributed by atoms with Crippen LogP contribution in [0.25, 0.3) is 5.52 Å². The van der Waals surface area contributed by atoms with Gasteiger partial charge in [0.2, 0.25) is 0 Å². The molecule has 6 heteroatoms. The molecule has 20 heavy (non-hydrogen) atoms. The van der Waals surface area contributed by atoms with Gasteiger partial charge in [0.05, 0.1) is 17.3 Å². The SMILES string of the molecule is CC1CC(NC(=O)c2cnn3ccccc23)CCN1.Cl. The van der Waals surface area contributed by atoms with E-state index in [4.69, 9.17) is 0 Å². The van der Waals surface area contributed by atoms with Crippen molar-refractivity contribution in [3.8, 4) is 0 Å². The molecule has 2 N–H and O–H groups in total. The largest absolute Gasteiger partial charge is 0.349 e. The van der Waals surface area contributed by atoms with Gasteiger partial charge in [-0.15, -0.1) is 12.4 Å². The summed E-state index contributed by atoms with van der Waals surface area (Å²) in [5.41, 5.74) is 1.49. The highest BCUT2D eigenvalue weighted by Crippen LogP contribution is 2.13. The quantitative estimate of drug-likeness (QED) is 0.885. The summed E-state index contributed by atoms with van der Waals surface area (Å²) in [5, 5.41) is 10.7. The van der Waals surface area contributed by atoms with Gasteiger partial charge in [-0.3, -0.25) is 4.79 Å². The number of piperidine rings is 1. The van der Waals surface area contributed by atoms with Crippen molar-refractivity contribution in [3.63, 3.8) is 0 Å². The fourth-order valence-corrected chi connectivity index (χ4v) is 2.64. The minimum Gasteiger partial charge on any atom is -0.349 e. The molecule has 2 aromatic rings. The number of hydrogen-bond donors (Lipinski definition) is 2. The summed E-state index contributed by atoms with van der Waals surface area (Å²) in [6.07, 6.45) is 5.44. The van der Waals surface area contributed by atoms with Crippen LogP contribution in [-0.2, 0) is 0 Å². The Balaban J connectivity index is 0.00000147.